The van der Waals surface area contributed by atoms with Gasteiger partial charge >= 0.3 is 12.0 Å². The Morgan fingerprint density at radius 1 is 1.33 bits per heavy atom. The van der Waals surface area contributed by atoms with E-state index in [1.165, 1.54) is 0 Å². The lowest BCUT2D eigenvalue weighted by atomic mass is 9.80. The van der Waals surface area contributed by atoms with Crippen molar-refractivity contribution in [3.63, 3.8) is 0 Å². The molecule has 2 amide bonds. The second-order valence-corrected chi connectivity index (χ2v) is 6.47. The van der Waals surface area contributed by atoms with Crippen LogP contribution in [0, 0.1) is 5.41 Å². The molecule has 0 saturated carbocycles. The number of carboxylic acid groups (broad SMARTS) is 1. The van der Waals surface area contributed by atoms with Crippen molar-refractivity contribution in [2.24, 2.45) is 5.41 Å². The monoisotopic (exact) mass is 299 g/mol. The van der Waals surface area contributed by atoms with E-state index >= 15 is 0 Å². The van der Waals surface area contributed by atoms with E-state index in [2.05, 4.69) is 29.5 Å². The van der Waals surface area contributed by atoms with Gasteiger partial charge in [0.2, 0.25) is 0 Å². The van der Waals surface area contributed by atoms with Crippen LogP contribution in [0.3, 0.4) is 0 Å². The normalized spacial score (nSPS) is 19.8. The molecule has 1 saturated heterocycles. The fraction of sp³-hybridized carbons (Fsp3) is 0.867. The van der Waals surface area contributed by atoms with E-state index in [1.807, 2.05) is 6.92 Å². The molecule has 6 heteroatoms. The summed E-state index contributed by atoms with van der Waals surface area (Å²) in [7, 11) is 2.10. The van der Waals surface area contributed by atoms with Gasteiger partial charge in [0.25, 0.3) is 0 Å². The Morgan fingerprint density at radius 3 is 2.48 bits per heavy atom. The zero-order valence-corrected chi connectivity index (χ0v) is 13.4. The molecule has 0 aliphatic carbocycles. The number of carboxylic acids is 1. The third kappa shape index (κ3) is 6.33. The maximum atomic E-state index is 11.9. The number of nitrogens with one attached hydrogen (secondary N) is 2. The number of amides is 2. The highest BCUT2D eigenvalue weighted by molar-refractivity contribution is 5.82. The molecule has 1 atom stereocenters. The van der Waals surface area contributed by atoms with Gasteiger partial charge in [0.15, 0.2) is 0 Å². The second-order valence-electron chi connectivity index (χ2n) is 6.47. The number of likely N-dealkylation sites (tertiary alicyclic amines) is 1. The number of hydrogen-bond acceptors (Lipinski definition) is 3. The van der Waals surface area contributed by atoms with Crippen LogP contribution in [0.15, 0.2) is 0 Å². The maximum Gasteiger partial charge on any atom is 0.326 e. The van der Waals surface area contributed by atoms with E-state index in [1.54, 1.807) is 0 Å². The number of carbonyl (C=O) groups excluding carboxylic acids is 1. The Labute approximate surface area is 127 Å². The molecule has 0 spiro atoms. The van der Waals surface area contributed by atoms with Crippen molar-refractivity contribution < 1.29 is 14.7 Å². The number of carbonyl (C=O) groups is 2. The number of nitrogens with zero attached hydrogens (tertiary/aromatic N) is 1. The fourth-order valence-electron chi connectivity index (χ4n) is 2.50. The maximum absolute atomic E-state index is 11.9. The molecule has 21 heavy (non-hydrogen) atoms. The van der Waals surface area contributed by atoms with E-state index < -0.39 is 12.0 Å². The summed E-state index contributed by atoms with van der Waals surface area (Å²) in [5.41, 5.74) is 0.103. The molecular weight excluding hydrogens is 270 g/mol. The minimum atomic E-state index is -0.968. The van der Waals surface area contributed by atoms with Crippen molar-refractivity contribution >= 4 is 12.0 Å². The third-order valence-electron chi connectivity index (χ3n) is 4.32. The summed E-state index contributed by atoms with van der Waals surface area (Å²) in [5, 5.41) is 14.5. The van der Waals surface area contributed by atoms with Crippen LogP contribution in [0.4, 0.5) is 4.79 Å². The zero-order chi connectivity index (χ0) is 15.9. The molecule has 3 N–H and O–H groups in total. The highest BCUT2D eigenvalue weighted by Crippen LogP contribution is 2.29. The molecule has 0 aromatic rings. The molecule has 122 valence electrons. The van der Waals surface area contributed by atoms with Gasteiger partial charge in [-0.1, -0.05) is 26.7 Å². The lowest BCUT2D eigenvalue weighted by Crippen LogP contribution is -2.50. The highest BCUT2D eigenvalue weighted by Gasteiger charge is 2.29. The molecule has 0 radical (unpaired) electrons. The van der Waals surface area contributed by atoms with E-state index in [9.17, 15) is 9.59 Å². The van der Waals surface area contributed by atoms with Crippen LogP contribution in [0.25, 0.3) is 0 Å². The van der Waals surface area contributed by atoms with Crippen LogP contribution in [-0.4, -0.2) is 54.7 Å². The zero-order valence-electron chi connectivity index (χ0n) is 13.4. The molecular formula is C15H29N3O3. The minimum Gasteiger partial charge on any atom is -0.480 e. The Hall–Kier alpha value is -1.30. The van der Waals surface area contributed by atoms with Crippen molar-refractivity contribution in [1.29, 1.82) is 0 Å². The Balaban J connectivity index is 2.36. The van der Waals surface area contributed by atoms with Crippen molar-refractivity contribution in [3.8, 4) is 0 Å². The molecule has 0 unspecified atom stereocenters. The van der Waals surface area contributed by atoms with Crippen LogP contribution < -0.4 is 10.6 Å². The van der Waals surface area contributed by atoms with Crippen LogP contribution in [-0.2, 0) is 4.79 Å². The van der Waals surface area contributed by atoms with E-state index in [0.717, 1.165) is 38.8 Å². The molecule has 0 bridgehead atoms. The number of rotatable bonds is 7. The van der Waals surface area contributed by atoms with Gasteiger partial charge in [0.05, 0.1) is 0 Å². The van der Waals surface area contributed by atoms with Gasteiger partial charge in [-0.05, 0) is 44.8 Å². The largest absolute Gasteiger partial charge is 0.480 e. The fourth-order valence-corrected chi connectivity index (χ4v) is 2.50. The SMILES string of the molecule is CCCC[C@H](NC(=O)NCC1(C)CCN(C)CC1)C(=O)O. The molecule has 1 fully saturated rings. The summed E-state index contributed by atoms with van der Waals surface area (Å²) >= 11 is 0. The molecule has 0 aromatic heterocycles. The summed E-state index contributed by atoms with van der Waals surface area (Å²) in [5.74, 6) is -0.968. The lowest BCUT2D eigenvalue weighted by Gasteiger charge is -2.38. The van der Waals surface area contributed by atoms with Crippen LogP contribution in [0.2, 0.25) is 0 Å². The quantitative estimate of drug-likeness (QED) is 0.668. The summed E-state index contributed by atoms with van der Waals surface area (Å²) in [6, 6.07) is -1.17. The van der Waals surface area contributed by atoms with Gasteiger partial charge in [0.1, 0.15) is 6.04 Å². The van der Waals surface area contributed by atoms with Crippen LogP contribution >= 0.6 is 0 Å². The molecule has 1 aliphatic rings. The third-order valence-corrected chi connectivity index (χ3v) is 4.32. The van der Waals surface area contributed by atoms with Crippen LogP contribution in [0.5, 0.6) is 0 Å². The first-order valence-electron chi connectivity index (χ1n) is 7.82. The first-order chi connectivity index (χ1) is 9.86. The van der Waals surface area contributed by atoms with Gasteiger partial charge in [-0.25, -0.2) is 9.59 Å². The number of unbranched alkanes of at least 4 members (excludes halogenated alkanes) is 1. The summed E-state index contributed by atoms with van der Waals surface area (Å²) in [6.07, 6.45) is 4.27. The van der Waals surface area contributed by atoms with E-state index in [0.29, 0.717) is 13.0 Å². The van der Waals surface area contributed by atoms with Crippen LogP contribution in [0.1, 0.15) is 46.0 Å². The predicted molar refractivity (Wildman–Crippen MR) is 82.3 cm³/mol. The van der Waals surface area contributed by atoms with Crippen molar-refractivity contribution in [2.75, 3.05) is 26.7 Å². The smallest absolute Gasteiger partial charge is 0.326 e. The van der Waals surface area contributed by atoms with Crippen molar-refractivity contribution in [2.45, 2.75) is 52.0 Å². The molecule has 1 aliphatic heterocycles. The van der Waals surface area contributed by atoms with E-state index in [4.69, 9.17) is 5.11 Å². The molecule has 1 rings (SSSR count). The van der Waals surface area contributed by atoms with Gasteiger partial charge in [-0.3, -0.25) is 0 Å². The first kappa shape index (κ1) is 17.8. The van der Waals surface area contributed by atoms with E-state index in [-0.39, 0.29) is 11.4 Å². The topological polar surface area (TPSA) is 81.7 Å². The first-order valence-corrected chi connectivity index (χ1v) is 7.82. The second kappa shape index (κ2) is 8.22. The van der Waals surface area contributed by atoms with Gasteiger partial charge in [-0.2, -0.15) is 0 Å². The Kier molecular flexibility index (Phi) is 6.95. The Bertz CT molecular complexity index is 352. The van der Waals surface area contributed by atoms with Crippen molar-refractivity contribution in [1.82, 2.24) is 15.5 Å². The molecule has 6 nitrogen and oxygen atoms in total. The summed E-state index contributed by atoms with van der Waals surface area (Å²) < 4.78 is 0. The summed E-state index contributed by atoms with van der Waals surface area (Å²) in [6.45, 7) is 6.83. The summed E-state index contributed by atoms with van der Waals surface area (Å²) in [4.78, 5) is 25.3. The molecule has 1 heterocycles. The average Bonchev–Trinajstić information content (AvgIpc) is 2.44. The van der Waals surface area contributed by atoms with Gasteiger partial charge in [-0.15, -0.1) is 0 Å². The highest BCUT2D eigenvalue weighted by atomic mass is 16.4. The van der Waals surface area contributed by atoms with Gasteiger partial charge in [0, 0.05) is 6.54 Å². The number of aliphatic carboxylic acids is 1. The lowest BCUT2D eigenvalue weighted by molar-refractivity contribution is -0.139. The number of hydrogen-bond donors (Lipinski definition) is 3. The average molecular weight is 299 g/mol. The Morgan fingerprint density at radius 2 is 1.95 bits per heavy atom. The molecule has 0 aromatic carbocycles. The number of piperidine rings is 1. The van der Waals surface area contributed by atoms with Crippen molar-refractivity contribution in [3.05, 3.63) is 0 Å². The van der Waals surface area contributed by atoms with Gasteiger partial charge < -0.3 is 20.6 Å². The number of urea groups is 1. The minimum absolute atomic E-state index is 0.103. The standard InChI is InChI=1S/C15H29N3O3/c1-4-5-6-12(13(19)20)17-14(21)16-11-15(2)7-9-18(3)10-8-15/h12H,4-11H2,1-3H3,(H,19,20)(H2,16,17,21)/t12-/m0/s1. The predicted octanol–water partition coefficient (Wildman–Crippen LogP) is 1.66.